The second-order valence-electron chi connectivity index (χ2n) is 16.7. The molecular formula is C48H90N2O6P+. The molecule has 0 saturated heterocycles. The summed E-state index contributed by atoms with van der Waals surface area (Å²) >= 11 is 0. The van der Waals surface area contributed by atoms with E-state index in [1.807, 2.05) is 27.2 Å². The number of aliphatic hydroxyl groups is 1. The van der Waals surface area contributed by atoms with Gasteiger partial charge in [-0.3, -0.25) is 13.8 Å². The molecule has 3 unspecified atom stereocenters. The Labute approximate surface area is 351 Å². The highest BCUT2D eigenvalue weighted by Crippen LogP contribution is 2.43. The van der Waals surface area contributed by atoms with Gasteiger partial charge in [0.2, 0.25) is 5.91 Å². The molecule has 0 spiro atoms. The zero-order chi connectivity index (χ0) is 42.1. The van der Waals surface area contributed by atoms with Gasteiger partial charge < -0.3 is 19.8 Å². The van der Waals surface area contributed by atoms with Crippen LogP contribution in [0, 0.1) is 0 Å². The first-order valence-corrected chi connectivity index (χ1v) is 24.7. The molecule has 0 radical (unpaired) electrons. The van der Waals surface area contributed by atoms with Crippen LogP contribution in [0.5, 0.6) is 0 Å². The third-order valence-electron chi connectivity index (χ3n) is 9.97. The lowest BCUT2D eigenvalue weighted by atomic mass is 10.0. The average molecular weight is 822 g/mol. The zero-order valence-corrected chi connectivity index (χ0v) is 38.5. The lowest BCUT2D eigenvalue weighted by molar-refractivity contribution is -0.870. The Morgan fingerprint density at radius 2 is 1.07 bits per heavy atom. The van der Waals surface area contributed by atoms with Crippen molar-refractivity contribution in [3.63, 3.8) is 0 Å². The van der Waals surface area contributed by atoms with E-state index in [1.165, 1.54) is 103 Å². The summed E-state index contributed by atoms with van der Waals surface area (Å²) in [5, 5.41) is 13.8. The van der Waals surface area contributed by atoms with Crippen LogP contribution in [0.2, 0.25) is 0 Å². The van der Waals surface area contributed by atoms with Crippen LogP contribution in [-0.2, 0) is 18.4 Å². The molecular weight excluding hydrogens is 732 g/mol. The van der Waals surface area contributed by atoms with Crippen molar-refractivity contribution in [2.45, 2.75) is 199 Å². The van der Waals surface area contributed by atoms with E-state index in [1.54, 1.807) is 6.08 Å². The van der Waals surface area contributed by atoms with Crippen LogP contribution in [0.1, 0.15) is 187 Å². The number of nitrogens with one attached hydrogen (secondary N) is 1. The number of carbonyl (C=O) groups excluding carboxylic acids is 1. The summed E-state index contributed by atoms with van der Waals surface area (Å²) in [5.74, 6) is -0.218. The molecule has 0 rings (SSSR count). The fourth-order valence-electron chi connectivity index (χ4n) is 6.31. The first-order chi connectivity index (χ1) is 27.5. The summed E-state index contributed by atoms with van der Waals surface area (Å²) in [7, 11) is 1.53. The molecule has 3 N–H and O–H groups in total. The lowest BCUT2D eigenvalue weighted by Gasteiger charge is -2.25. The number of carbonyl (C=O) groups is 1. The third-order valence-corrected chi connectivity index (χ3v) is 11.0. The first-order valence-electron chi connectivity index (χ1n) is 23.2. The Balaban J connectivity index is 4.43. The van der Waals surface area contributed by atoms with Gasteiger partial charge in [0, 0.05) is 6.42 Å². The molecule has 9 heteroatoms. The van der Waals surface area contributed by atoms with Crippen molar-refractivity contribution in [1.82, 2.24) is 5.32 Å². The van der Waals surface area contributed by atoms with Gasteiger partial charge in [0.25, 0.3) is 0 Å². The minimum atomic E-state index is -4.36. The fraction of sp³-hybridized carbons (Fsp3) is 0.771. The molecule has 1 amide bonds. The topological polar surface area (TPSA) is 105 Å². The van der Waals surface area contributed by atoms with Crippen LogP contribution in [0.3, 0.4) is 0 Å². The number of amides is 1. The number of allylic oxidation sites excluding steroid dienone is 9. The van der Waals surface area contributed by atoms with Gasteiger partial charge in [-0.25, -0.2) is 4.57 Å². The van der Waals surface area contributed by atoms with Crippen LogP contribution >= 0.6 is 7.82 Å². The van der Waals surface area contributed by atoms with Crippen molar-refractivity contribution in [1.29, 1.82) is 0 Å². The number of hydrogen-bond acceptors (Lipinski definition) is 5. The fourth-order valence-corrected chi connectivity index (χ4v) is 7.04. The Kier molecular flexibility index (Phi) is 38.4. The van der Waals surface area contributed by atoms with Gasteiger partial charge in [0.05, 0.1) is 39.9 Å². The maximum atomic E-state index is 12.8. The minimum Gasteiger partial charge on any atom is -0.387 e. The number of quaternary nitrogens is 1. The van der Waals surface area contributed by atoms with E-state index in [-0.39, 0.29) is 19.1 Å². The number of phosphoric acid groups is 1. The number of phosphoric ester groups is 1. The van der Waals surface area contributed by atoms with Gasteiger partial charge in [-0.2, -0.15) is 0 Å². The molecule has 0 aliphatic carbocycles. The van der Waals surface area contributed by atoms with Crippen molar-refractivity contribution < 1.29 is 32.9 Å². The maximum Gasteiger partial charge on any atom is 0.472 e. The predicted molar refractivity (Wildman–Crippen MR) is 244 cm³/mol. The molecule has 332 valence electrons. The molecule has 0 heterocycles. The van der Waals surface area contributed by atoms with Gasteiger partial charge >= 0.3 is 7.82 Å². The molecule has 0 bridgehead atoms. The van der Waals surface area contributed by atoms with Gasteiger partial charge in [-0.1, -0.05) is 177 Å². The molecule has 0 saturated carbocycles. The van der Waals surface area contributed by atoms with Crippen molar-refractivity contribution in [2.24, 2.45) is 0 Å². The molecule has 0 aliphatic rings. The average Bonchev–Trinajstić information content (AvgIpc) is 3.16. The van der Waals surface area contributed by atoms with Crippen LogP contribution in [0.4, 0.5) is 0 Å². The van der Waals surface area contributed by atoms with E-state index in [2.05, 4.69) is 67.8 Å². The predicted octanol–water partition coefficient (Wildman–Crippen LogP) is 13.0. The van der Waals surface area contributed by atoms with E-state index >= 15 is 0 Å². The van der Waals surface area contributed by atoms with E-state index in [0.29, 0.717) is 17.4 Å². The minimum absolute atomic E-state index is 0.0479. The van der Waals surface area contributed by atoms with E-state index in [9.17, 15) is 19.4 Å². The molecule has 0 fully saturated rings. The van der Waals surface area contributed by atoms with Crippen LogP contribution < -0.4 is 5.32 Å². The van der Waals surface area contributed by atoms with Gasteiger partial charge in [0.15, 0.2) is 0 Å². The van der Waals surface area contributed by atoms with Gasteiger partial charge in [-0.05, 0) is 64.2 Å². The highest BCUT2D eigenvalue weighted by molar-refractivity contribution is 7.47. The summed E-state index contributed by atoms with van der Waals surface area (Å²) in [5.41, 5.74) is 0. The Bertz CT molecular complexity index is 1110. The van der Waals surface area contributed by atoms with E-state index in [4.69, 9.17) is 9.05 Å². The normalized spacial score (nSPS) is 14.9. The number of unbranched alkanes of at least 4 members (excludes halogenated alkanes) is 20. The molecule has 3 atom stereocenters. The molecule has 0 aromatic heterocycles. The SMILES string of the molecule is CC/C=C\C/C=C\C/C=C\CCCCCC(=O)NC(COP(=O)(O)OCC[N+](C)(C)C)C(O)/C=C/CC/C=C/CCCCCCCCCCCCCCCCCC. The standard InChI is InChI=1S/C48H89N2O6P/c1-6-8-10-12-14-16-18-20-21-22-23-24-25-26-27-28-30-31-33-35-37-39-41-47(51)46(45-56-57(53,54)55-44-43-50(3,4)5)49-48(52)42-40-38-36-34-32-29-19-17-15-13-11-9-7-2/h9,11,15,17,29,31-33,39,41,46-47,51H,6-8,10,12-14,16,18-28,30,34-38,40,42-45H2,1-5H3,(H-,49,52,53,54)/p+1/b11-9-,17-15-,32-29-,33-31+,41-39+. The smallest absolute Gasteiger partial charge is 0.387 e. The Hall–Kier alpha value is -1.80. The second kappa shape index (κ2) is 39.6. The molecule has 8 nitrogen and oxygen atoms in total. The summed E-state index contributed by atoms with van der Waals surface area (Å²) in [6.07, 6.45) is 51.7. The monoisotopic (exact) mass is 822 g/mol. The van der Waals surface area contributed by atoms with Gasteiger partial charge in [0.1, 0.15) is 13.2 Å². The molecule has 0 aromatic rings. The molecule has 0 aliphatic heterocycles. The number of nitrogens with zero attached hydrogens (tertiary/aromatic N) is 1. The Morgan fingerprint density at radius 3 is 1.61 bits per heavy atom. The van der Waals surface area contributed by atoms with Crippen molar-refractivity contribution in [3.8, 4) is 0 Å². The van der Waals surface area contributed by atoms with Crippen LogP contribution in [0.25, 0.3) is 0 Å². The Morgan fingerprint density at radius 1 is 0.614 bits per heavy atom. The number of rotatable bonds is 41. The quantitative estimate of drug-likeness (QED) is 0.0245. The summed E-state index contributed by atoms with van der Waals surface area (Å²) in [6.45, 7) is 4.64. The molecule has 57 heavy (non-hydrogen) atoms. The summed E-state index contributed by atoms with van der Waals surface area (Å²) in [4.78, 5) is 23.1. The van der Waals surface area contributed by atoms with Crippen molar-refractivity contribution >= 4 is 13.7 Å². The van der Waals surface area contributed by atoms with Crippen LogP contribution in [0.15, 0.2) is 60.8 Å². The highest BCUT2D eigenvalue weighted by atomic mass is 31.2. The third kappa shape index (κ3) is 42.1. The van der Waals surface area contributed by atoms with Crippen molar-refractivity contribution in [2.75, 3.05) is 40.9 Å². The maximum absolute atomic E-state index is 12.8. The van der Waals surface area contributed by atoms with E-state index in [0.717, 1.165) is 64.2 Å². The number of hydrogen-bond donors (Lipinski definition) is 3. The number of likely N-dealkylation sites (N-methyl/N-ethyl adjacent to an activating group) is 1. The summed E-state index contributed by atoms with van der Waals surface area (Å²) < 4.78 is 23.5. The van der Waals surface area contributed by atoms with Crippen LogP contribution in [-0.4, -0.2) is 73.4 Å². The summed E-state index contributed by atoms with van der Waals surface area (Å²) in [6, 6.07) is -0.880. The largest absolute Gasteiger partial charge is 0.472 e. The second-order valence-corrected chi connectivity index (χ2v) is 18.2. The highest BCUT2D eigenvalue weighted by Gasteiger charge is 2.27. The van der Waals surface area contributed by atoms with E-state index < -0.39 is 20.0 Å². The zero-order valence-electron chi connectivity index (χ0n) is 37.6. The first kappa shape index (κ1) is 55.2. The lowest BCUT2D eigenvalue weighted by Crippen LogP contribution is -2.45. The van der Waals surface area contributed by atoms with Crippen molar-refractivity contribution in [3.05, 3.63) is 60.8 Å². The number of aliphatic hydroxyl groups excluding tert-OH is 1. The molecule has 0 aromatic carbocycles. The van der Waals surface area contributed by atoms with Gasteiger partial charge in [-0.15, -0.1) is 0 Å².